The fourth-order valence-electron chi connectivity index (χ4n) is 3.05. The van der Waals surface area contributed by atoms with Gasteiger partial charge in [-0.3, -0.25) is 14.5 Å². The molecule has 4 amide bonds. The molecule has 158 valence electrons. The summed E-state index contributed by atoms with van der Waals surface area (Å²) >= 11 is 1.54. The van der Waals surface area contributed by atoms with E-state index in [0.29, 0.717) is 34.8 Å². The van der Waals surface area contributed by atoms with Crippen LogP contribution in [-0.4, -0.2) is 42.4 Å². The number of nitrogens with zero attached hydrogens (tertiary/aromatic N) is 1. The molecule has 2 aromatic rings. The third kappa shape index (κ3) is 5.10. The van der Waals surface area contributed by atoms with Gasteiger partial charge in [-0.1, -0.05) is 18.2 Å². The number of carbonyl (C=O) groups excluding carboxylic acids is 3. The molecule has 0 unspecified atom stereocenters. The summed E-state index contributed by atoms with van der Waals surface area (Å²) < 4.78 is 13.8. The molecule has 0 saturated carbocycles. The number of thioether (sulfide) groups is 1. The molecule has 0 radical (unpaired) electrons. The van der Waals surface area contributed by atoms with E-state index in [9.17, 15) is 18.8 Å². The van der Waals surface area contributed by atoms with Gasteiger partial charge >= 0.3 is 6.03 Å². The summed E-state index contributed by atoms with van der Waals surface area (Å²) in [5.41, 5.74) is 1.87. The van der Waals surface area contributed by atoms with Gasteiger partial charge in [-0.15, -0.1) is 0 Å². The largest absolute Gasteiger partial charge is 0.326 e. The van der Waals surface area contributed by atoms with E-state index in [1.165, 1.54) is 11.0 Å². The highest BCUT2D eigenvalue weighted by atomic mass is 32.2. The van der Waals surface area contributed by atoms with Crippen LogP contribution in [-0.2, 0) is 9.59 Å². The summed E-state index contributed by atoms with van der Waals surface area (Å²) in [6, 6.07) is 9.98. The molecular weight excluding hydrogens is 407 g/mol. The number of para-hydroxylation sites is 2. The number of hydrogen-bond donors (Lipinski definition) is 3. The van der Waals surface area contributed by atoms with E-state index >= 15 is 0 Å². The second kappa shape index (κ2) is 9.62. The molecule has 1 atom stereocenters. The van der Waals surface area contributed by atoms with Crippen molar-refractivity contribution >= 4 is 46.7 Å². The second-order valence-corrected chi connectivity index (χ2v) is 7.87. The molecule has 0 fully saturated rings. The Morgan fingerprint density at radius 2 is 2.03 bits per heavy atom. The predicted octanol–water partition coefficient (Wildman–Crippen LogP) is 3.36. The molecule has 1 aliphatic heterocycles. The van der Waals surface area contributed by atoms with Crippen LogP contribution in [0.5, 0.6) is 0 Å². The van der Waals surface area contributed by atoms with Gasteiger partial charge in [0.15, 0.2) is 0 Å². The molecule has 1 aliphatic rings. The number of anilines is 3. The Hall–Kier alpha value is -3.07. The first-order valence-electron chi connectivity index (χ1n) is 9.42. The molecule has 0 aliphatic carbocycles. The summed E-state index contributed by atoms with van der Waals surface area (Å²) in [7, 11) is 0. The Morgan fingerprint density at radius 3 is 2.77 bits per heavy atom. The quantitative estimate of drug-likeness (QED) is 0.656. The number of rotatable bonds is 6. The fourth-order valence-corrected chi connectivity index (χ4v) is 3.52. The van der Waals surface area contributed by atoms with E-state index in [4.69, 9.17) is 0 Å². The molecule has 3 rings (SSSR count). The van der Waals surface area contributed by atoms with E-state index in [1.54, 1.807) is 55.1 Å². The number of benzene rings is 2. The third-order valence-corrected chi connectivity index (χ3v) is 5.32. The van der Waals surface area contributed by atoms with E-state index in [1.807, 2.05) is 6.26 Å². The average Bonchev–Trinajstić information content (AvgIpc) is 2.72. The van der Waals surface area contributed by atoms with Gasteiger partial charge in [0.2, 0.25) is 11.8 Å². The van der Waals surface area contributed by atoms with Gasteiger partial charge in [0.25, 0.3) is 0 Å². The minimum Gasteiger partial charge on any atom is -0.326 e. The number of amides is 4. The van der Waals surface area contributed by atoms with Crippen molar-refractivity contribution < 1.29 is 18.8 Å². The van der Waals surface area contributed by atoms with Crippen LogP contribution in [0.25, 0.3) is 0 Å². The monoisotopic (exact) mass is 430 g/mol. The number of hydrogen-bond acceptors (Lipinski definition) is 4. The van der Waals surface area contributed by atoms with Crippen LogP contribution in [0.2, 0.25) is 0 Å². The van der Waals surface area contributed by atoms with Crippen LogP contribution in [0.4, 0.5) is 26.2 Å². The topological polar surface area (TPSA) is 90.5 Å². The summed E-state index contributed by atoms with van der Waals surface area (Å²) in [4.78, 5) is 39.0. The zero-order valence-corrected chi connectivity index (χ0v) is 17.5. The van der Waals surface area contributed by atoms with Crippen molar-refractivity contribution in [3.8, 4) is 0 Å². The lowest BCUT2D eigenvalue weighted by Crippen LogP contribution is -2.53. The van der Waals surface area contributed by atoms with E-state index < -0.39 is 23.8 Å². The van der Waals surface area contributed by atoms with Crippen molar-refractivity contribution in [2.24, 2.45) is 0 Å². The van der Waals surface area contributed by atoms with Crippen molar-refractivity contribution in [2.45, 2.75) is 19.4 Å². The first-order valence-corrected chi connectivity index (χ1v) is 10.8. The van der Waals surface area contributed by atoms with Gasteiger partial charge in [0.1, 0.15) is 18.4 Å². The summed E-state index contributed by atoms with van der Waals surface area (Å²) in [5, 5.41) is 8.09. The summed E-state index contributed by atoms with van der Waals surface area (Å²) in [5.74, 6) is -0.550. The Bertz CT molecular complexity index is 969. The molecule has 1 heterocycles. The molecule has 9 heteroatoms. The van der Waals surface area contributed by atoms with Crippen LogP contribution >= 0.6 is 11.8 Å². The van der Waals surface area contributed by atoms with Gasteiger partial charge in [0.05, 0.1) is 11.4 Å². The summed E-state index contributed by atoms with van der Waals surface area (Å²) in [6.45, 7) is 1.48. The van der Waals surface area contributed by atoms with Gasteiger partial charge in [-0.05, 0) is 55.2 Å². The molecule has 3 N–H and O–H groups in total. The Balaban J connectivity index is 1.75. The Kier molecular flexibility index (Phi) is 6.94. The SMILES string of the molecule is CSCC[C@H](NC(=O)N1CC(=O)Nc2ccccc21)C(=O)Nc1ccc(C)c(F)c1. The number of carbonyl (C=O) groups is 3. The molecule has 0 spiro atoms. The first kappa shape index (κ1) is 21.6. The maximum absolute atomic E-state index is 13.8. The lowest BCUT2D eigenvalue weighted by Gasteiger charge is -2.30. The lowest BCUT2D eigenvalue weighted by molar-refractivity contribution is -0.118. The van der Waals surface area contributed by atoms with Crippen molar-refractivity contribution in [3.63, 3.8) is 0 Å². The Morgan fingerprint density at radius 1 is 1.27 bits per heavy atom. The minimum atomic E-state index is -0.841. The number of urea groups is 1. The average molecular weight is 431 g/mol. The predicted molar refractivity (Wildman–Crippen MR) is 118 cm³/mol. The van der Waals surface area contributed by atoms with Crippen molar-refractivity contribution in [2.75, 3.05) is 34.1 Å². The zero-order valence-electron chi connectivity index (χ0n) is 16.7. The van der Waals surface area contributed by atoms with Crippen molar-refractivity contribution in [1.29, 1.82) is 0 Å². The van der Waals surface area contributed by atoms with Crippen LogP contribution in [0, 0.1) is 12.7 Å². The molecule has 7 nitrogen and oxygen atoms in total. The maximum atomic E-state index is 13.8. The van der Waals surface area contributed by atoms with E-state index in [2.05, 4.69) is 16.0 Å². The maximum Gasteiger partial charge on any atom is 0.323 e. The van der Waals surface area contributed by atoms with Crippen LogP contribution in [0.15, 0.2) is 42.5 Å². The molecule has 0 saturated heterocycles. The number of nitrogens with one attached hydrogen (secondary N) is 3. The van der Waals surface area contributed by atoms with Crippen molar-refractivity contribution in [1.82, 2.24) is 5.32 Å². The second-order valence-electron chi connectivity index (χ2n) is 6.89. The van der Waals surface area contributed by atoms with Crippen LogP contribution in [0.3, 0.4) is 0 Å². The molecule has 2 aromatic carbocycles. The van der Waals surface area contributed by atoms with Crippen LogP contribution in [0.1, 0.15) is 12.0 Å². The van der Waals surface area contributed by atoms with E-state index in [0.717, 1.165) is 0 Å². The van der Waals surface area contributed by atoms with E-state index in [-0.39, 0.29) is 12.5 Å². The first-order chi connectivity index (χ1) is 14.4. The molecule has 30 heavy (non-hydrogen) atoms. The third-order valence-electron chi connectivity index (χ3n) is 4.68. The lowest BCUT2D eigenvalue weighted by atomic mass is 10.1. The highest BCUT2D eigenvalue weighted by Crippen LogP contribution is 2.28. The zero-order chi connectivity index (χ0) is 21.7. The fraction of sp³-hybridized carbons (Fsp3) is 0.286. The van der Waals surface area contributed by atoms with Crippen molar-refractivity contribution in [3.05, 3.63) is 53.8 Å². The number of halogens is 1. The smallest absolute Gasteiger partial charge is 0.323 e. The highest BCUT2D eigenvalue weighted by molar-refractivity contribution is 7.98. The van der Waals surface area contributed by atoms with Gasteiger partial charge in [-0.2, -0.15) is 11.8 Å². The Labute approximate surface area is 178 Å². The molecule has 0 aromatic heterocycles. The number of fused-ring (bicyclic) bond motifs is 1. The van der Waals surface area contributed by atoms with Gasteiger partial charge < -0.3 is 16.0 Å². The standard InChI is InChI=1S/C21H23FN4O3S/c1-13-7-8-14(11-15(13)22)23-20(28)17(9-10-30-2)25-21(29)26-12-19(27)24-16-5-3-4-6-18(16)26/h3-8,11,17H,9-10,12H2,1-2H3,(H,23,28)(H,24,27)(H,25,29)/t17-/m0/s1. The molecular formula is C21H23FN4O3S. The minimum absolute atomic E-state index is 0.150. The molecule has 0 bridgehead atoms. The van der Waals surface area contributed by atoms with Gasteiger partial charge in [-0.25, -0.2) is 9.18 Å². The normalized spacial score (nSPS) is 13.8. The summed E-state index contributed by atoms with van der Waals surface area (Å²) in [6.07, 6.45) is 2.28. The van der Waals surface area contributed by atoms with Crippen LogP contribution < -0.4 is 20.9 Å². The highest BCUT2D eigenvalue weighted by Gasteiger charge is 2.29. The van der Waals surface area contributed by atoms with Gasteiger partial charge in [0, 0.05) is 5.69 Å². The number of aryl methyl sites for hydroxylation is 1.